The molecule has 1 fully saturated rings. The van der Waals surface area contributed by atoms with Crippen molar-refractivity contribution in [1.29, 1.82) is 0 Å². The van der Waals surface area contributed by atoms with Gasteiger partial charge in [0.1, 0.15) is 24.4 Å². The predicted molar refractivity (Wildman–Crippen MR) is 81.2 cm³/mol. The van der Waals surface area contributed by atoms with Crippen LogP contribution in [0, 0.1) is 0 Å². The molecule has 0 spiro atoms. The summed E-state index contributed by atoms with van der Waals surface area (Å²) >= 11 is 1.46. The Labute approximate surface area is 136 Å². The summed E-state index contributed by atoms with van der Waals surface area (Å²) in [7, 11) is 0. The van der Waals surface area contributed by atoms with Gasteiger partial charge in [-0.1, -0.05) is 11.8 Å². The van der Waals surface area contributed by atoms with Gasteiger partial charge in [-0.25, -0.2) is 0 Å². The van der Waals surface area contributed by atoms with Crippen LogP contribution in [0.3, 0.4) is 0 Å². The third-order valence-corrected chi connectivity index (χ3v) is 4.97. The molecule has 0 aromatic rings. The summed E-state index contributed by atoms with van der Waals surface area (Å²) in [5.74, 6) is -0.411. The zero-order valence-electron chi connectivity index (χ0n) is 12.2. The van der Waals surface area contributed by atoms with Crippen molar-refractivity contribution in [2.24, 2.45) is 4.99 Å². The third kappa shape index (κ3) is 3.23. The number of nitrogens with one attached hydrogen (secondary N) is 1. The summed E-state index contributed by atoms with van der Waals surface area (Å²) in [4.78, 5) is 18.4. The van der Waals surface area contributed by atoms with E-state index in [0.717, 1.165) is 17.4 Å². The molecular formula is C13H19N3O6S. The molecular weight excluding hydrogens is 326 g/mol. The molecule has 3 aliphatic heterocycles. The Bertz CT molecular complexity index is 542. The van der Waals surface area contributed by atoms with Gasteiger partial charge in [0.25, 0.3) is 0 Å². The highest BCUT2D eigenvalue weighted by molar-refractivity contribution is 8.16. The van der Waals surface area contributed by atoms with E-state index in [1.807, 2.05) is 10.3 Å². The quantitative estimate of drug-likeness (QED) is 0.379. The van der Waals surface area contributed by atoms with Crippen molar-refractivity contribution in [3.63, 3.8) is 0 Å². The van der Waals surface area contributed by atoms with E-state index < -0.39 is 43.2 Å². The molecule has 0 saturated carbocycles. The fourth-order valence-corrected chi connectivity index (χ4v) is 3.72. The summed E-state index contributed by atoms with van der Waals surface area (Å²) in [5.41, 5.74) is 0.804. The van der Waals surface area contributed by atoms with Crippen LogP contribution in [0.1, 0.15) is 6.42 Å². The van der Waals surface area contributed by atoms with E-state index in [2.05, 4.69) is 10.3 Å². The topological polar surface area (TPSA) is 135 Å². The molecule has 10 heteroatoms. The minimum Gasteiger partial charge on any atom is -0.394 e. The number of hydrogen-bond donors (Lipinski definition) is 5. The fourth-order valence-electron chi connectivity index (χ4n) is 2.77. The summed E-state index contributed by atoms with van der Waals surface area (Å²) in [6.07, 6.45) is -5.36. The van der Waals surface area contributed by atoms with Gasteiger partial charge in [0.2, 0.25) is 5.91 Å². The van der Waals surface area contributed by atoms with Crippen LogP contribution >= 0.6 is 11.8 Å². The van der Waals surface area contributed by atoms with Gasteiger partial charge in [-0.15, -0.1) is 0 Å². The van der Waals surface area contributed by atoms with Crippen molar-refractivity contribution in [2.75, 3.05) is 19.7 Å². The third-order valence-electron chi connectivity index (χ3n) is 4.02. The van der Waals surface area contributed by atoms with Crippen molar-refractivity contribution in [2.45, 2.75) is 37.1 Å². The first-order valence-electron chi connectivity index (χ1n) is 7.29. The Morgan fingerprint density at radius 3 is 2.96 bits per heavy atom. The van der Waals surface area contributed by atoms with Gasteiger partial charge in [0, 0.05) is 12.2 Å². The average Bonchev–Trinajstić information content (AvgIpc) is 3.12. The van der Waals surface area contributed by atoms with Crippen LogP contribution in [-0.4, -0.2) is 86.7 Å². The lowest BCUT2D eigenvalue weighted by Crippen LogP contribution is -2.64. The number of aliphatic hydroxyl groups is 4. The normalized spacial score (nSPS) is 36.5. The Morgan fingerprint density at radius 2 is 2.22 bits per heavy atom. The molecule has 1 saturated heterocycles. The van der Waals surface area contributed by atoms with Crippen LogP contribution in [0.15, 0.2) is 16.1 Å². The number of amides is 1. The molecule has 3 unspecified atom stereocenters. The number of aliphatic hydroxyl groups excluding tert-OH is 4. The second kappa shape index (κ2) is 6.75. The molecule has 5 N–H and O–H groups in total. The number of carbonyl (C=O) groups is 1. The molecule has 5 atom stereocenters. The first kappa shape index (κ1) is 16.7. The van der Waals surface area contributed by atoms with E-state index in [1.54, 1.807) is 0 Å². The van der Waals surface area contributed by atoms with E-state index in [9.17, 15) is 20.1 Å². The zero-order chi connectivity index (χ0) is 16.6. The number of aliphatic imine (C=N–C) groups is 1. The van der Waals surface area contributed by atoms with Crippen LogP contribution in [-0.2, 0) is 9.53 Å². The Morgan fingerprint density at radius 1 is 1.43 bits per heavy atom. The predicted octanol–water partition coefficient (Wildman–Crippen LogP) is -2.45. The van der Waals surface area contributed by atoms with Crippen LogP contribution in [0.25, 0.3) is 0 Å². The van der Waals surface area contributed by atoms with Crippen molar-refractivity contribution < 1.29 is 30.0 Å². The maximum Gasteiger partial charge on any atom is 0.226 e. The largest absolute Gasteiger partial charge is 0.394 e. The fraction of sp³-hybridized carbons (Fsp3) is 0.692. The van der Waals surface area contributed by atoms with Gasteiger partial charge in [0.05, 0.1) is 19.6 Å². The number of carbonyl (C=O) groups excluding carboxylic acids is 1. The molecule has 0 aromatic carbocycles. The van der Waals surface area contributed by atoms with Gasteiger partial charge in [-0.3, -0.25) is 9.79 Å². The van der Waals surface area contributed by atoms with Crippen molar-refractivity contribution in [3.8, 4) is 0 Å². The molecule has 3 aliphatic rings. The summed E-state index contributed by atoms with van der Waals surface area (Å²) < 4.78 is 5.00. The smallest absolute Gasteiger partial charge is 0.226 e. The maximum atomic E-state index is 12.2. The molecule has 0 bridgehead atoms. The van der Waals surface area contributed by atoms with Crippen LogP contribution in [0.5, 0.6) is 0 Å². The Hall–Kier alpha value is -1.17. The molecule has 0 radical (unpaired) electrons. The number of nitrogens with zero attached hydrogens (tertiary/aromatic N) is 2. The molecule has 3 heterocycles. The van der Waals surface area contributed by atoms with Crippen LogP contribution in [0.4, 0.5) is 0 Å². The number of amidine groups is 1. The SMILES string of the molecule is O=C(CC1=CSC2=NCCN12)NC1C(O)O[C@H](CO)C(O)[C@@H]1O. The molecule has 0 aromatic heterocycles. The monoisotopic (exact) mass is 345 g/mol. The molecule has 1 amide bonds. The molecule has 3 rings (SSSR count). The number of rotatable bonds is 4. The summed E-state index contributed by atoms with van der Waals surface area (Å²) in [6.45, 7) is 0.886. The van der Waals surface area contributed by atoms with E-state index in [0.29, 0.717) is 6.54 Å². The van der Waals surface area contributed by atoms with Gasteiger partial charge in [-0.05, 0) is 5.41 Å². The first-order chi connectivity index (χ1) is 11.0. The minimum atomic E-state index is -1.51. The van der Waals surface area contributed by atoms with E-state index in [1.165, 1.54) is 11.8 Å². The Balaban J connectivity index is 1.58. The van der Waals surface area contributed by atoms with Gasteiger partial charge in [0.15, 0.2) is 11.5 Å². The zero-order valence-corrected chi connectivity index (χ0v) is 13.0. The highest BCUT2D eigenvalue weighted by Crippen LogP contribution is 2.30. The van der Waals surface area contributed by atoms with E-state index in [-0.39, 0.29) is 6.42 Å². The summed E-state index contributed by atoms with van der Waals surface area (Å²) in [5, 5.41) is 43.9. The lowest BCUT2D eigenvalue weighted by atomic mass is 9.97. The van der Waals surface area contributed by atoms with Crippen molar-refractivity contribution in [1.82, 2.24) is 10.2 Å². The Kier molecular flexibility index (Phi) is 4.90. The summed E-state index contributed by atoms with van der Waals surface area (Å²) in [6, 6.07) is -1.17. The van der Waals surface area contributed by atoms with E-state index in [4.69, 9.17) is 9.84 Å². The highest BCUT2D eigenvalue weighted by atomic mass is 32.2. The average molecular weight is 345 g/mol. The second-order valence-corrected chi connectivity index (χ2v) is 6.38. The van der Waals surface area contributed by atoms with Gasteiger partial charge < -0.3 is 35.4 Å². The van der Waals surface area contributed by atoms with Crippen LogP contribution in [0.2, 0.25) is 0 Å². The minimum absolute atomic E-state index is 0.0709. The second-order valence-electron chi connectivity index (χ2n) is 5.54. The van der Waals surface area contributed by atoms with Gasteiger partial charge >= 0.3 is 0 Å². The molecule has 23 heavy (non-hydrogen) atoms. The highest BCUT2D eigenvalue weighted by Gasteiger charge is 2.44. The number of thioether (sulfide) groups is 1. The first-order valence-corrected chi connectivity index (χ1v) is 8.17. The lowest BCUT2D eigenvalue weighted by Gasteiger charge is -2.40. The molecule has 128 valence electrons. The standard InChI is InChI=1S/C13H19N3O6S/c17-4-7-10(19)11(20)9(12(21)22-7)15-8(18)3-6-5-23-13-14-1-2-16(6)13/h5,7,9-12,17,19-21H,1-4H2,(H,15,18)/t7-,9?,10?,11-,12?/m1/s1. The van der Waals surface area contributed by atoms with Crippen molar-refractivity contribution in [3.05, 3.63) is 11.1 Å². The number of fused-ring (bicyclic) bond motifs is 1. The molecule has 9 nitrogen and oxygen atoms in total. The van der Waals surface area contributed by atoms with Gasteiger partial charge in [-0.2, -0.15) is 0 Å². The van der Waals surface area contributed by atoms with Crippen molar-refractivity contribution >= 4 is 22.8 Å². The van der Waals surface area contributed by atoms with Crippen LogP contribution < -0.4 is 5.32 Å². The maximum absolute atomic E-state index is 12.2. The number of ether oxygens (including phenoxy) is 1. The lowest BCUT2D eigenvalue weighted by molar-refractivity contribution is -0.253. The number of hydrogen-bond acceptors (Lipinski definition) is 9. The molecule has 0 aliphatic carbocycles. The van der Waals surface area contributed by atoms with E-state index >= 15 is 0 Å².